The first-order chi connectivity index (χ1) is 11.1. The molecule has 120 valence electrons. The number of hydrogen-bond donors (Lipinski definition) is 1. The zero-order valence-corrected chi connectivity index (χ0v) is 13.8. The molecule has 2 aromatic rings. The van der Waals surface area contributed by atoms with E-state index in [4.69, 9.17) is 11.6 Å². The van der Waals surface area contributed by atoms with Crippen LogP contribution in [0, 0.1) is 18.8 Å². The highest BCUT2D eigenvalue weighted by Gasteiger charge is 2.42. The Morgan fingerprint density at radius 3 is 2.52 bits per heavy atom. The minimum atomic E-state index is -0.178. The van der Waals surface area contributed by atoms with E-state index in [1.54, 1.807) is 10.7 Å². The molecule has 2 aliphatic rings. The summed E-state index contributed by atoms with van der Waals surface area (Å²) in [4.78, 5) is 16.8. The number of halogens is 1. The van der Waals surface area contributed by atoms with Gasteiger partial charge in [-0.1, -0.05) is 23.7 Å². The fourth-order valence-corrected chi connectivity index (χ4v) is 3.30. The maximum atomic E-state index is 12.5. The molecule has 0 bridgehead atoms. The molecule has 1 aromatic carbocycles. The van der Waals surface area contributed by atoms with Crippen molar-refractivity contribution in [1.29, 1.82) is 0 Å². The number of nitrogens with zero attached hydrogens (tertiary/aromatic N) is 3. The Hall–Kier alpha value is -1.88. The van der Waals surface area contributed by atoms with Crippen molar-refractivity contribution in [3.05, 3.63) is 40.9 Å². The third-order valence-electron chi connectivity index (χ3n) is 4.61. The lowest BCUT2D eigenvalue weighted by Gasteiger charge is -2.16. The number of aromatic nitrogens is 3. The lowest BCUT2D eigenvalue weighted by molar-refractivity contribution is 0.0915. The van der Waals surface area contributed by atoms with Crippen molar-refractivity contribution in [2.24, 2.45) is 11.8 Å². The Balaban J connectivity index is 1.56. The Morgan fingerprint density at radius 2 is 1.91 bits per heavy atom. The minimum Gasteiger partial charge on any atom is -0.346 e. The highest BCUT2D eigenvalue weighted by Crippen LogP contribution is 2.44. The Kier molecular flexibility index (Phi) is 3.60. The fraction of sp³-hybridized carbons (Fsp3) is 0.471. The number of aryl methyl sites for hydroxylation is 1. The van der Waals surface area contributed by atoms with Gasteiger partial charge in [0.25, 0.3) is 5.91 Å². The van der Waals surface area contributed by atoms with Gasteiger partial charge < -0.3 is 5.32 Å². The third kappa shape index (κ3) is 2.98. The van der Waals surface area contributed by atoms with E-state index >= 15 is 0 Å². The van der Waals surface area contributed by atoms with Gasteiger partial charge in [0.2, 0.25) is 5.82 Å². The van der Waals surface area contributed by atoms with Crippen LogP contribution < -0.4 is 5.32 Å². The van der Waals surface area contributed by atoms with E-state index in [2.05, 4.69) is 15.4 Å². The van der Waals surface area contributed by atoms with Crippen molar-refractivity contribution in [1.82, 2.24) is 20.1 Å². The van der Waals surface area contributed by atoms with Crippen molar-refractivity contribution < 1.29 is 4.79 Å². The molecule has 5 nitrogen and oxygen atoms in total. The van der Waals surface area contributed by atoms with E-state index in [0.717, 1.165) is 5.69 Å². The van der Waals surface area contributed by atoms with Crippen LogP contribution >= 0.6 is 11.6 Å². The monoisotopic (exact) mass is 330 g/mol. The highest BCUT2D eigenvalue weighted by atomic mass is 35.5. The summed E-state index contributed by atoms with van der Waals surface area (Å²) in [5, 5.41) is 8.10. The molecule has 0 radical (unpaired) electrons. The summed E-state index contributed by atoms with van der Waals surface area (Å²) < 4.78 is 1.63. The molecular formula is C17H19ClN4O. The normalized spacial score (nSPS) is 17.5. The van der Waals surface area contributed by atoms with Gasteiger partial charge in [-0.05, 0) is 56.6 Å². The largest absolute Gasteiger partial charge is 0.346 e. The summed E-state index contributed by atoms with van der Waals surface area (Å²) in [7, 11) is 0. The number of benzene rings is 1. The average Bonchev–Trinajstić information content (AvgIpc) is 3.44. The Labute approximate surface area is 140 Å². The lowest BCUT2D eigenvalue weighted by Crippen LogP contribution is -2.38. The van der Waals surface area contributed by atoms with Crippen LogP contribution in [0.1, 0.15) is 42.1 Å². The maximum absolute atomic E-state index is 12.5. The summed E-state index contributed by atoms with van der Waals surface area (Å²) in [5.41, 5.74) is 0.735. The van der Waals surface area contributed by atoms with Crippen molar-refractivity contribution in [2.75, 3.05) is 0 Å². The number of amides is 1. The summed E-state index contributed by atoms with van der Waals surface area (Å²) >= 11 is 6.21. The second-order valence-electron chi connectivity index (χ2n) is 6.52. The van der Waals surface area contributed by atoms with E-state index in [9.17, 15) is 4.79 Å². The van der Waals surface area contributed by atoms with Gasteiger partial charge >= 0.3 is 0 Å². The fourth-order valence-electron chi connectivity index (χ4n) is 3.09. The number of nitrogens with one attached hydrogen (secondary N) is 1. The molecule has 1 amide bonds. The summed E-state index contributed by atoms with van der Waals surface area (Å²) in [6.07, 6.45) is 4.90. The third-order valence-corrected chi connectivity index (χ3v) is 4.93. The van der Waals surface area contributed by atoms with E-state index in [1.807, 2.05) is 25.1 Å². The van der Waals surface area contributed by atoms with E-state index in [1.165, 1.54) is 25.7 Å². The molecule has 1 N–H and O–H groups in total. The first-order valence-corrected chi connectivity index (χ1v) is 8.50. The predicted octanol–water partition coefficient (Wildman–Crippen LogP) is 3.15. The zero-order chi connectivity index (χ0) is 16.0. The van der Waals surface area contributed by atoms with Crippen molar-refractivity contribution in [2.45, 2.75) is 38.6 Å². The quantitative estimate of drug-likeness (QED) is 0.916. The average molecular weight is 331 g/mol. The molecule has 0 aliphatic heterocycles. The van der Waals surface area contributed by atoms with Crippen LogP contribution in [0.4, 0.5) is 0 Å². The molecule has 2 saturated carbocycles. The smallest absolute Gasteiger partial charge is 0.291 e. The highest BCUT2D eigenvalue weighted by molar-refractivity contribution is 6.32. The maximum Gasteiger partial charge on any atom is 0.291 e. The molecule has 0 unspecified atom stereocenters. The van der Waals surface area contributed by atoms with Crippen LogP contribution in [-0.2, 0) is 0 Å². The molecular weight excluding hydrogens is 312 g/mol. The first-order valence-electron chi connectivity index (χ1n) is 8.13. The lowest BCUT2D eigenvalue weighted by atomic mass is 10.1. The summed E-state index contributed by atoms with van der Waals surface area (Å²) in [6.45, 7) is 1.83. The number of carbonyl (C=O) groups is 1. The zero-order valence-electron chi connectivity index (χ0n) is 13.0. The van der Waals surface area contributed by atoms with Crippen molar-refractivity contribution in [3.63, 3.8) is 0 Å². The van der Waals surface area contributed by atoms with Gasteiger partial charge in [0.1, 0.15) is 5.82 Å². The van der Waals surface area contributed by atoms with Crippen LogP contribution in [0.3, 0.4) is 0 Å². The minimum absolute atomic E-state index is 0.178. The van der Waals surface area contributed by atoms with Gasteiger partial charge in [0, 0.05) is 6.04 Å². The van der Waals surface area contributed by atoms with Crippen molar-refractivity contribution in [3.8, 4) is 5.69 Å². The van der Waals surface area contributed by atoms with Crippen LogP contribution in [0.5, 0.6) is 0 Å². The van der Waals surface area contributed by atoms with E-state index in [-0.39, 0.29) is 11.7 Å². The van der Waals surface area contributed by atoms with Crippen LogP contribution in [-0.4, -0.2) is 26.7 Å². The molecule has 0 saturated heterocycles. The van der Waals surface area contributed by atoms with Crippen LogP contribution in [0.2, 0.25) is 5.02 Å². The number of hydrogen-bond acceptors (Lipinski definition) is 3. The molecule has 1 aromatic heterocycles. The molecule has 1 heterocycles. The number of carbonyl (C=O) groups excluding carboxylic acids is 1. The second kappa shape index (κ2) is 5.64. The molecule has 0 spiro atoms. The van der Waals surface area contributed by atoms with Gasteiger partial charge in [0.15, 0.2) is 0 Å². The van der Waals surface area contributed by atoms with Gasteiger partial charge in [-0.3, -0.25) is 4.79 Å². The van der Waals surface area contributed by atoms with Crippen LogP contribution in [0.25, 0.3) is 5.69 Å². The summed E-state index contributed by atoms with van der Waals surface area (Å²) in [6, 6.07) is 7.71. The van der Waals surface area contributed by atoms with Crippen molar-refractivity contribution >= 4 is 17.5 Å². The standard InChI is InChI=1S/C17H19ClN4O/c1-10-19-16(21-22(10)14-5-3-2-4-13(14)18)17(23)20-15(11-6-7-11)12-8-9-12/h2-5,11-12,15H,6-9H2,1H3,(H,20,23). The molecule has 2 aliphatic carbocycles. The molecule has 6 heteroatoms. The van der Waals surface area contributed by atoms with Gasteiger partial charge in [-0.2, -0.15) is 0 Å². The van der Waals surface area contributed by atoms with E-state index in [0.29, 0.717) is 28.7 Å². The molecule has 4 rings (SSSR count). The van der Waals surface area contributed by atoms with E-state index < -0.39 is 0 Å². The number of para-hydroxylation sites is 1. The Bertz CT molecular complexity index is 737. The SMILES string of the molecule is Cc1nc(C(=O)NC(C2CC2)C2CC2)nn1-c1ccccc1Cl. The van der Waals surface area contributed by atoms with Gasteiger partial charge in [-0.25, -0.2) is 9.67 Å². The summed E-state index contributed by atoms with van der Waals surface area (Å²) in [5.74, 6) is 1.99. The second-order valence-corrected chi connectivity index (χ2v) is 6.93. The molecule has 23 heavy (non-hydrogen) atoms. The van der Waals surface area contributed by atoms with Gasteiger partial charge in [-0.15, -0.1) is 5.10 Å². The molecule has 2 fully saturated rings. The molecule has 0 atom stereocenters. The topological polar surface area (TPSA) is 59.8 Å². The number of rotatable bonds is 5. The predicted molar refractivity (Wildman–Crippen MR) is 87.8 cm³/mol. The van der Waals surface area contributed by atoms with Gasteiger partial charge in [0.05, 0.1) is 10.7 Å². The van der Waals surface area contributed by atoms with Crippen LogP contribution in [0.15, 0.2) is 24.3 Å². The Morgan fingerprint density at radius 1 is 1.26 bits per heavy atom. The first kappa shape index (κ1) is 14.7.